The van der Waals surface area contributed by atoms with E-state index in [0.29, 0.717) is 12.1 Å². The van der Waals surface area contributed by atoms with Crippen LogP contribution >= 0.6 is 0 Å². The summed E-state index contributed by atoms with van der Waals surface area (Å²) in [5.74, 6) is -0.458. The van der Waals surface area contributed by atoms with Gasteiger partial charge in [-0.1, -0.05) is 6.92 Å². The first-order chi connectivity index (χ1) is 8.62. The molecule has 0 aliphatic heterocycles. The van der Waals surface area contributed by atoms with Crippen LogP contribution in [0.25, 0.3) is 5.76 Å². The number of aryl methyl sites for hydroxylation is 1. The van der Waals surface area contributed by atoms with Crippen LogP contribution in [0.15, 0.2) is 12.3 Å². The summed E-state index contributed by atoms with van der Waals surface area (Å²) in [4.78, 5) is 0. The third-order valence-corrected chi connectivity index (χ3v) is 3.73. The second kappa shape index (κ2) is 4.26. The number of hydrogen-bond acceptors (Lipinski definition) is 4. The predicted molar refractivity (Wildman–Crippen MR) is 60.1 cm³/mol. The molecule has 1 unspecified atom stereocenters. The summed E-state index contributed by atoms with van der Waals surface area (Å²) in [6.45, 7) is 1.75. The van der Waals surface area contributed by atoms with Gasteiger partial charge in [-0.25, -0.2) is 0 Å². The quantitative estimate of drug-likeness (QED) is 0.617. The van der Waals surface area contributed by atoms with Crippen LogP contribution in [0, 0.1) is 5.92 Å². The molecule has 0 aromatic carbocycles. The van der Waals surface area contributed by atoms with Crippen molar-refractivity contribution in [2.24, 2.45) is 13.0 Å². The maximum atomic E-state index is 12.3. The van der Waals surface area contributed by atoms with Crippen LogP contribution in [0.5, 0.6) is 0 Å². The second-order valence-electron chi connectivity index (χ2n) is 4.32. The van der Waals surface area contributed by atoms with Crippen LogP contribution in [-0.4, -0.2) is 23.7 Å². The summed E-state index contributed by atoms with van der Waals surface area (Å²) in [6.07, 6.45) is 3.21. The summed E-state index contributed by atoms with van der Waals surface area (Å²) in [6, 6.07) is 0. The van der Waals surface area contributed by atoms with Gasteiger partial charge in [0.25, 0.3) is 0 Å². The van der Waals surface area contributed by atoms with Crippen molar-refractivity contribution in [3.63, 3.8) is 0 Å². The largest absolute Gasteiger partial charge is 0.534 e. The molecule has 0 radical (unpaired) electrons. The number of nitrogens with zero attached hydrogens (tertiary/aromatic N) is 2. The molecule has 5 nitrogen and oxygen atoms in total. The van der Waals surface area contributed by atoms with Crippen molar-refractivity contribution >= 4 is 15.9 Å². The van der Waals surface area contributed by atoms with Gasteiger partial charge in [0.05, 0.1) is 11.8 Å². The molecule has 106 valence electrons. The van der Waals surface area contributed by atoms with Crippen LogP contribution in [-0.2, 0) is 27.8 Å². The van der Waals surface area contributed by atoms with Crippen LogP contribution in [0.2, 0.25) is 0 Å². The fraction of sp³-hybridized carbons (Fsp3) is 0.500. The van der Waals surface area contributed by atoms with Gasteiger partial charge in [-0.15, -0.1) is 0 Å². The Labute approximate surface area is 107 Å². The van der Waals surface area contributed by atoms with Gasteiger partial charge >= 0.3 is 15.6 Å². The molecule has 0 saturated carbocycles. The molecule has 0 saturated heterocycles. The Morgan fingerprint density at radius 1 is 1.47 bits per heavy atom. The number of hydrogen-bond donors (Lipinski definition) is 0. The Kier molecular flexibility index (Phi) is 3.12. The van der Waals surface area contributed by atoms with E-state index in [4.69, 9.17) is 0 Å². The zero-order chi connectivity index (χ0) is 14.4. The Bertz CT molecular complexity index is 631. The zero-order valence-electron chi connectivity index (χ0n) is 10.1. The van der Waals surface area contributed by atoms with E-state index in [1.165, 1.54) is 17.0 Å². The van der Waals surface area contributed by atoms with E-state index in [9.17, 15) is 21.6 Å². The minimum atomic E-state index is -5.66. The number of rotatable bonds is 2. The summed E-state index contributed by atoms with van der Waals surface area (Å²) >= 11 is 0. The predicted octanol–water partition coefficient (Wildman–Crippen LogP) is 1.82. The lowest BCUT2D eigenvalue weighted by Gasteiger charge is -2.19. The molecular formula is C10H11F3N2O3S. The normalized spacial score (nSPS) is 19.8. The standard InChI is InChI=1S/C10H11F3N2O3S/c1-6-3-8-7(5-14-15(8)2)9(4-6)18-19(16,17)10(11,12)13/h4-6H,3H2,1-2H3. The molecule has 1 aromatic heterocycles. The van der Waals surface area contributed by atoms with E-state index in [-0.39, 0.29) is 17.2 Å². The van der Waals surface area contributed by atoms with E-state index in [2.05, 4.69) is 9.28 Å². The van der Waals surface area contributed by atoms with E-state index < -0.39 is 15.6 Å². The Morgan fingerprint density at radius 3 is 2.68 bits per heavy atom. The minimum absolute atomic E-state index is 0.138. The summed E-state index contributed by atoms with van der Waals surface area (Å²) < 4.78 is 64.7. The highest BCUT2D eigenvalue weighted by Gasteiger charge is 2.49. The molecule has 0 fully saturated rings. The molecule has 0 spiro atoms. The van der Waals surface area contributed by atoms with E-state index in [1.807, 2.05) is 0 Å². The number of halogens is 3. The monoisotopic (exact) mass is 296 g/mol. The van der Waals surface area contributed by atoms with Crippen LogP contribution < -0.4 is 0 Å². The number of aromatic nitrogens is 2. The number of alkyl halides is 3. The third-order valence-electron chi connectivity index (χ3n) is 2.76. The first-order valence-electron chi connectivity index (χ1n) is 5.35. The van der Waals surface area contributed by atoms with Crippen molar-refractivity contribution in [1.29, 1.82) is 0 Å². The highest BCUT2D eigenvalue weighted by molar-refractivity contribution is 7.87. The van der Waals surface area contributed by atoms with Gasteiger partial charge < -0.3 is 4.18 Å². The van der Waals surface area contributed by atoms with Crippen molar-refractivity contribution in [3.8, 4) is 0 Å². The molecule has 1 aliphatic carbocycles. The molecule has 1 atom stereocenters. The lowest BCUT2D eigenvalue weighted by atomic mass is 9.95. The molecule has 1 aliphatic rings. The summed E-state index contributed by atoms with van der Waals surface area (Å²) in [5.41, 5.74) is -4.53. The average molecular weight is 296 g/mol. The van der Waals surface area contributed by atoms with Gasteiger partial charge in [-0.3, -0.25) is 4.68 Å². The van der Waals surface area contributed by atoms with Crippen molar-refractivity contribution in [2.45, 2.75) is 18.9 Å². The Balaban J connectivity index is 2.41. The van der Waals surface area contributed by atoms with Gasteiger partial charge in [-0.05, 0) is 18.4 Å². The van der Waals surface area contributed by atoms with Gasteiger partial charge in [-0.2, -0.15) is 26.7 Å². The van der Waals surface area contributed by atoms with Gasteiger partial charge in [0, 0.05) is 12.7 Å². The Hall–Kier alpha value is -1.51. The molecule has 1 aromatic rings. The zero-order valence-corrected chi connectivity index (χ0v) is 10.9. The third kappa shape index (κ3) is 2.46. The average Bonchev–Trinajstić information content (AvgIpc) is 2.58. The summed E-state index contributed by atoms with van der Waals surface area (Å²) in [5, 5.41) is 3.89. The molecule has 19 heavy (non-hydrogen) atoms. The highest BCUT2D eigenvalue weighted by atomic mass is 32.2. The molecule has 1 heterocycles. The number of allylic oxidation sites excluding steroid dienone is 1. The SMILES string of the molecule is CC1C=C(OS(=O)(=O)C(F)(F)F)c2cnn(C)c2C1. The molecule has 0 N–H and O–H groups in total. The highest BCUT2D eigenvalue weighted by Crippen LogP contribution is 2.34. The van der Waals surface area contributed by atoms with E-state index >= 15 is 0 Å². The first-order valence-corrected chi connectivity index (χ1v) is 6.76. The van der Waals surface area contributed by atoms with Crippen molar-refractivity contribution in [2.75, 3.05) is 0 Å². The maximum Gasteiger partial charge on any atom is 0.534 e. The fourth-order valence-electron chi connectivity index (χ4n) is 1.86. The van der Waals surface area contributed by atoms with Crippen LogP contribution in [0.3, 0.4) is 0 Å². The van der Waals surface area contributed by atoms with E-state index in [1.54, 1.807) is 14.0 Å². The maximum absolute atomic E-state index is 12.3. The molecule has 0 amide bonds. The summed E-state index contributed by atoms with van der Waals surface area (Å²) in [7, 11) is -4.03. The Morgan fingerprint density at radius 2 is 2.11 bits per heavy atom. The topological polar surface area (TPSA) is 61.2 Å². The van der Waals surface area contributed by atoms with Gasteiger partial charge in [0.1, 0.15) is 5.76 Å². The second-order valence-corrected chi connectivity index (χ2v) is 5.86. The van der Waals surface area contributed by atoms with Gasteiger partial charge in [0.15, 0.2) is 0 Å². The smallest absolute Gasteiger partial charge is 0.376 e. The van der Waals surface area contributed by atoms with Crippen molar-refractivity contribution in [3.05, 3.63) is 23.5 Å². The minimum Gasteiger partial charge on any atom is -0.376 e. The molecule has 2 rings (SSSR count). The van der Waals surface area contributed by atoms with Crippen molar-refractivity contribution < 1.29 is 25.8 Å². The lowest BCUT2D eigenvalue weighted by Crippen LogP contribution is -2.26. The van der Waals surface area contributed by atoms with Gasteiger partial charge in [0.2, 0.25) is 0 Å². The molecular weight excluding hydrogens is 285 g/mol. The van der Waals surface area contributed by atoms with Crippen molar-refractivity contribution in [1.82, 2.24) is 9.78 Å². The van der Waals surface area contributed by atoms with E-state index in [0.717, 1.165) is 0 Å². The van der Waals surface area contributed by atoms with Crippen LogP contribution in [0.1, 0.15) is 18.2 Å². The molecule has 0 bridgehead atoms. The number of fused-ring (bicyclic) bond motifs is 1. The molecule has 9 heteroatoms. The lowest BCUT2D eigenvalue weighted by molar-refractivity contribution is -0.0509. The first kappa shape index (κ1) is 13.9. The van der Waals surface area contributed by atoms with Crippen LogP contribution in [0.4, 0.5) is 13.2 Å². The fourth-order valence-corrected chi connectivity index (χ4v) is 2.34.